The lowest BCUT2D eigenvalue weighted by Gasteiger charge is -2.16. The number of carbonyl (C=O) groups is 1. The van der Waals surface area contributed by atoms with Gasteiger partial charge in [-0.15, -0.1) is 10.2 Å². The van der Waals surface area contributed by atoms with Gasteiger partial charge < -0.3 is 10.2 Å². The highest BCUT2D eigenvalue weighted by atomic mass is 32.1. The molecule has 0 aliphatic carbocycles. The van der Waals surface area contributed by atoms with E-state index in [1.807, 2.05) is 21.0 Å². The maximum absolute atomic E-state index is 11.8. The van der Waals surface area contributed by atoms with E-state index < -0.39 is 0 Å². The number of nitrogens with one attached hydrogen (secondary N) is 2. The lowest BCUT2D eigenvalue weighted by molar-refractivity contribution is 0.249. The Morgan fingerprint density at radius 1 is 1.33 bits per heavy atom. The van der Waals surface area contributed by atoms with Crippen LogP contribution in [0.3, 0.4) is 0 Å². The van der Waals surface area contributed by atoms with Gasteiger partial charge in [-0.1, -0.05) is 23.5 Å². The third-order valence-electron chi connectivity index (χ3n) is 2.95. The van der Waals surface area contributed by atoms with Crippen molar-refractivity contribution < 1.29 is 4.79 Å². The number of hydrogen-bond donors (Lipinski definition) is 2. The van der Waals surface area contributed by atoms with Crippen LogP contribution in [0.25, 0.3) is 0 Å². The average Bonchev–Trinajstić information content (AvgIpc) is 2.91. The molecule has 0 fully saturated rings. The van der Waals surface area contributed by atoms with Crippen LogP contribution in [0.4, 0.5) is 15.6 Å². The minimum atomic E-state index is -0.260. The smallest absolute Gasteiger partial charge is 0.321 e. The van der Waals surface area contributed by atoms with Gasteiger partial charge in [-0.25, -0.2) is 4.79 Å². The average molecular weight is 305 g/mol. The van der Waals surface area contributed by atoms with Gasteiger partial charge in [0.05, 0.1) is 0 Å². The van der Waals surface area contributed by atoms with Gasteiger partial charge in [-0.05, 0) is 31.0 Å². The number of urea groups is 1. The first-order chi connectivity index (χ1) is 10.0. The van der Waals surface area contributed by atoms with Gasteiger partial charge in [0.15, 0.2) is 0 Å². The van der Waals surface area contributed by atoms with E-state index in [2.05, 4.69) is 50.0 Å². The van der Waals surface area contributed by atoms with Crippen molar-refractivity contribution >= 4 is 28.2 Å². The molecule has 1 unspecified atom stereocenters. The summed E-state index contributed by atoms with van der Waals surface area (Å²) in [6.07, 6.45) is 0.775. The Bertz CT molecular complexity index is 568. The topological polar surface area (TPSA) is 70.2 Å². The Kier molecular flexibility index (Phi) is 5.10. The van der Waals surface area contributed by atoms with E-state index in [9.17, 15) is 4.79 Å². The van der Waals surface area contributed by atoms with Crippen LogP contribution in [0.1, 0.15) is 12.5 Å². The second kappa shape index (κ2) is 7.03. The minimum Gasteiger partial charge on any atom is -0.378 e. The molecule has 2 rings (SSSR count). The van der Waals surface area contributed by atoms with Crippen LogP contribution >= 0.6 is 11.3 Å². The summed E-state index contributed by atoms with van der Waals surface area (Å²) in [4.78, 5) is 13.8. The molecule has 0 aliphatic heterocycles. The summed E-state index contributed by atoms with van der Waals surface area (Å²) >= 11 is 1.29. The molecule has 6 nitrogen and oxygen atoms in total. The molecule has 2 amide bonds. The summed E-state index contributed by atoms with van der Waals surface area (Å²) in [6, 6.07) is 8.08. The predicted octanol–water partition coefficient (Wildman–Crippen LogP) is 2.36. The van der Waals surface area contributed by atoms with Crippen molar-refractivity contribution in [1.29, 1.82) is 0 Å². The highest BCUT2D eigenvalue weighted by Gasteiger charge is 2.09. The van der Waals surface area contributed by atoms with Crippen molar-refractivity contribution in [2.24, 2.45) is 0 Å². The summed E-state index contributed by atoms with van der Waals surface area (Å²) in [5.74, 6) is 0. The fourth-order valence-electron chi connectivity index (χ4n) is 1.92. The lowest BCUT2D eigenvalue weighted by atomic mass is 10.1. The van der Waals surface area contributed by atoms with E-state index in [1.165, 1.54) is 16.9 Å². The molecule has 2 N–H and O–H groups in total. The van der Waals surface area contributed by atoms with E-state index >= 15 is 0 Å². The van der Waals surface area contributed by atoms with Gasteiger partial charge in [-0.3, -0.25) is 5.32 Å². The Morgan fingerprint density at radius 3 is 2.62 bits per heavy atom. The zero-order chi connectivity index (χ0) is 15.2. The van der Waals surface area contributed by atoms with Gasteiger partial charge in [0, 0.05) is 25.8 Å². The first-order valence-electron chi connectivity index (χ1n) is 6.64. The Hall–Kier alpha value is -2.15. The first kappa shape index (κ1) is 15.2. The molecule has 0 bridgehead atoms. The molecule has 112 valence electrons. The molecule has 0 aliphatic rings. The van der Waals surface area contributed by atoms with Crippen molar-refractivity contribution in [3.63, 3.8) is 0 Å². The molecule has 21 heavy (non-hydrogen) atoms. The SMILES string of the molecule is CC(Cc1ccc(N(C)C)cc1)NC(=O)Nc1nncs1. The third kappa shape index (κ3) is 4.71. The second-order valence-corrected chi connectivity index (χ2v) is 5.84. The van der Waals surface area contributed by atoms with Crippen molar-refractivity contribution in [2.75, 3.05) is 24.3 Å². The van der Waals surface area contributed by atoms with Gasteiger partial charge in [0.1, 0.15) is 5.51 Å². The number of benzene rings is 1. The van der Waals surface area contributed by atoms with Crippen molar-refractivity contribution in [2.45, 2.75) is 19.4 Å². The fourth-order valence-corrected chi connectivity index (χ4v) is 2.36. The van der Waals surface area contributed by atoms with Crippen molar-refractivity contribution in [3.8, 4) is 0 Å². The molecule has 0 spiro atoms. The molecular weight excluding hydrogens is 286 g/mol. The van der Waals surface area contributed by atoms with Gasteiger partial charge in [-0.2, -0.15) is 0 Å². The molecule has 1 aromatic carbocycles. The first-order valence-corrected chi connectivity index (χ1v) is 7.52. The summed E-state index contributed by atoms with van der Waals surface area (Å²) in [5, 5.41) is 13.5. The van der Waals surface area contributed by atoms with Crippen LogP contribution in [0.2, 0.25) is 0 Å². The summed E-state index contributed by atoms with van der Waals surface area (Å²) in [7, 11) is 4.02. The zero-order valence-corrected chi connectivity index (χ0v) is 13.1. The van der Waals surface area contributed by atoms with Crippen LogP contribution in [-0.2, 0) is 6.42 Å². The van der Waals surface area contributed by atoms with E-state index in [0.29, 0.717) is 5.13 Å². The molecule has 1 aromatic heterocycles. The molecular formula is C14H19N5OS. The quantitative estimate of drug-likeness (QED) is 0.889. The van der Waals surface area contributed by atoms with Crippen molar-refractivity contribution in [3.05, 3.63) is 35.3 Å². The minimum absolute atomic E-state index is 0.0307. The summed E-state index contributed by atoms with van der Waals surface area (Å²) in [6.45, 7) is 1.97. The summed E-state index contributed by atoms with van der Waals surface area (Å²) < 4.78 is 0. The van der Waals surface area contributed by atoms with Gasteiger partial charge in [0.25, 0.3) is 0 Å². The Balaban J connectivity index is 1.83. The fraction of sp³-hybridized carbons (Fsp3) is 0.357. The molecule has 1 atom stereocenters. The van der Waals surface area contributed by atoms with Gasteiger partial charge in [0.2, 0.25) is 5.13 Å². The number of nitrogens with zero attached hydrogens (tertiary/aromatic N) is 3. The van der Waals surface area contributed by atoms with E-state index in [0.717, 1.165) is 12.1 Å². The molecule has 7 heteroatoms. The Morgan fingerprint density at radius 2 is 2.05 bits per heavy atom. The second-order valence-electron chi connectivity index (χ2n) is 5.01. The number of hydrogen-bond acceptors (Lipinski definition) is 5. The third-order valence-corrected chi connectivity index (χ3v) is 3.56. The van der Waals surface area contributed by atoms with Crippen molar-refractivity contribution in [1.82, 2.24) is 15.5 Å². The number of carbonyl (C=O) groups excluding carboxylic acids is 1. The highest BCUT2D eigenvalue weighted by molar-refractivity contribution is 7.13. The maximum atomic E-state index is 11.8. The molecule has 2 aromatic rings. The molecule has 0 saturated carbocycles. The largest absolute Gasteiger partial charge is 0.378 e. The van der Waals surface area contributed by atoms with Crippen LogP contribution in [0.15, 0.2) is 29.8 Å². The number of rotatable bonds is 5. The maximum Gasteiger partial charge on any atom is 0.321 e. The van der Waals surface area contributed by atoms with E-state index in [-0.39, 0.29) is 12.1 Å². The lowest BCUT2D eigenvalue weighted by Crippen LogP contribution is -2.37. The highest BCUT2D eigenvalue weighted by Crippen LogP contribution is 2.13. The predicted molar refractivity (Wildman–Crippen MR) is 86.0 cm³/mol. The van der Waals surface area contributed by atoms with E-state index in [1.54, 1.807) is 5.51 Å². The molecule has 0 radical (unpaired) electrons. The van der Waals surface area contributed by atoms with Gasteiger partial charge >= 0.3 is 6.03 Å². The number of aromatic nitrogens is 2. The van der Waals surface area contributed by atoms with Crippen LogP contribution in [0.5, 0.6) is 0 Å². The van der Waals surface area contributed by atoms with E-state index in [4.69, 9.17) is 0 Å². The van der Waals surface area contributed by atoms with Crippen LogP contribution in [0, 0.1) is 0 Å². The number of anilines is 2. The summed E-state index contributed by atoms with van der Waals surface area (Å²) in [5.41, 5.74) is 3.92. The molecule has 0 saturated heterocycles. The normalized spacial score (nSPS) is 11.8. The number of amides is 2. The standard InChI is InChI=1S/C14H19N5OS/c1-10(16-13(20)17-14-18-15-9-21-14)8-11-4-6-12(7-5-11)19(2)3/h4-7,9-10H,8H2,1-3H3,(H2,16,17,18,20). The Labute approximate surface area is 128 Å². The van der Waals surface area contributed by atoms with Crippen LogP contribution < -0.4 is 15.5 Å². The molecule has 1 heterocycles. The van der Waals surface area contributed by atoms with Crippen LogP contribution in [-0.4, -0.2) is 36.4 Å². The monoisotopic (exact) mass is 305 g/mol. The zero-order valence-electron chi connectivity index (χ0n) is 12.3.